The number of carbonyl (C=O) groups is 3. The lowest BCUT2D eigenvalue weighted by Crippen LogP contribution is -2.53. The molecule has 0 saturated carbocycles. The van der Waals surface area contributed by atoms with E-state index in [1.165, 1.54) is 0 Å². The molecule has 0 spiro atoms. The van der Waals surface area contributed by atoms with Gasteiger partial charge in [-0.1, -0.05) is 72.3 Å². The summed E-state index contributed by atoms with van der Waals surface area (Å²) in [7, 11) is 0. The molecule has 4 rings (SSSR count). The summed E-state index contributed by atoms with van der Waals surface area (Å²) in [6.45, 7) is 9.62. The SMILES string of the molecule is Cc1ccc([C@H]2C[C@@H](c3ccccc3)C[C@@H](NC(=O)Nc3cccc(C)c3)C(=O)N2CC(=O)NC(C)(C)C)cc1. The zero-order valence-electron chi connectivity index (χ0n) is 24.0. The van der Waals surface area contributed by atoms with Gasteiger partial charge in [0, 0.05) is 11.2 Å². The first kappa shape index (κ1) is 28.9. The Balaban J connectivity index is 1.69. The largest absolute Gasteiger partial charge is 0.350 e. The number of rotatable bonds is 6. The van der Waals surface area contributed by atoms with Crippen molar-refractivity contribution in [2.45, 2.75) is 71.0 Å². The molecule has 0 aromatic heterocycles. The first-order chi connectivity index (χ1) is 19.0. The Labute approximate surface area is 237 Å². The van der Waals surface area contributed by atoms with Gasteiger partial charge in [0.2, 0.25) is 11.8 Å². The Morgan fingerprint density at radius 1 is 0.850 bits per heavy atom. The standard InChI is InChI=1S/C33H40N4O3/c1-22-14-16-25(17-15-22)29-20-26(24-11-7-6-8-12-24)19-28(31(39)37(29)21-30(38)36-33(3,4)5)35-32(40)34-27-13-9-10-23(2)18-27/h6-18,26,28-29H,19-21H2,1-5H3,(H,36,38)(H2,34,35,40)/t26-,28+,29+/m0/s1. The van der Waals surface area contributed by atoms with Crippen molar-refractivity contribution in [3.8, 4) is 0 Å². The number of anilines is 1. The molecular formula is C33H40N4O3. The monoisotopic (exact) mass is 540 g/mol. The van der Waals surface area contributed by atoms with E-state index >= 15 is 0 Å². The predicted octanol–water partition coefficient (Wildman–Crippen LogP) is 5.86. The normalized spacial score (nSPS) is 19.5. The van der Waals surface area contributed by atoms with Gasteiger partial charge in [-0.25, -0.2) is 4.79 Å². The van der Waals surface area contributed by atoms with E-state index in [0.717, 1.165) is 22.3 Å². The van der Waals surface area contributed by atoms with Gasteiger partial charge >= 0.3 is 6.03 Å². The number of urea groups is 1. The number of nitrogens with one attached hydrogen (secondary N) is 3. The minimum atomic E-state index is -0.812. The maximum atomic E-state index is 14.2. The zero-order chi connectivity index (χ0) is 28.9. The van der Waals surface area contributed by atoms with Crippen LogP contribution in [0.5, 0.6) is 0 Å². The van der Waals surface area contributed by atoms with Gasteiger partial charge in [0.05, 0.1) is 6.04 Å². The lowest BCUT2D eigenvalue weighted by Gasteiger charge is -2.33. The van der Waals surface area contributed by atoms with E-state index in [9.17, 15) is 14.4 Å². The molecule has 0 radical (unpaired) electrons. The fraction of sp³-hybridized carbons (Fsp3) is 0.364. The highest BCUT2D eigenvalue weighted by Gasteiger charge is 2.40. The number of carbonyl (C=O) groups excluding carboxylic acids is 3. The topological polar surface area (TPSA) is 90.5 Å². The fourth-order valence-corrected chi connectivity index (χ4v) is 5.30. The maximum absolute atomic E-state index is 14.2. The van der Waals surface area contributed by atoms with Crippen LogP contribution in [0.4, 0.5) is 10.5 Å². The van der Waals surface area contributed by atoms with E-state index in [1.807, 2.05) is 101 Å². The summed E-state index contributed by atoms with van der Waals surface area (Å²) >= 11 is 0. The second-order valence-corrected chi connectivity index (χ2v) is 11.8. The van der Waals surface area contributed by atoms with Gasteiger partial charge in [-0.2, -0.15) is 0 Å². The van der Waals surface area contributed by atoms with E-state index in [-0.39, 0.29) is 30.3 Å². The average molecular weight is 541 g/mol. The van der Waals surface area contributed by atoms with E-state index in [0.29, 0.717) is 18.5 Å². The van der Waals surface area contributed by atoms with Crippen LogP contribution >= 0.6 is 0 Å². The van der Waals surface area contributed by atoms with Gasteiger partial charge in [0.25, 0.3) is 0 Å². The molecule has 0 bridgehead atoms. The molecule has 210 valence electrons. The summed E-state index contributed by atoms with van der Waals surface area (Å²) in [6.07, 6.45) is 1.04. The first-order valence-corrected chi connectivity index (χ1v) is 13.9. The van der Waals surface area contributed by atoms with Crippen molar-refractivity contribution in [3.63, 3.8) is 0 Å². The fourth-order valence-electron chi connectivity index (χ4n) is 5.30. The van der Waals surface area contributed by atoms with E-state index in [1.54, 1.807) is 4.90 Å². The highest BCUT2D eigenvalue weighted by atomic mass is 16.2. The minimum Gasteiger partial charge on any atom is -0.350 e. The highest BCUT2D eigenvalue weighted by Crippen LogP contribution is 2.39. The van der Waals surface area contributed by atoms with Crippen molar-refractivity contribution in [3.05, 3.63) is 101 Å². The third-order valence-corrected chi connectivity index (χ3v) is 7.13. The molecule has 0 aliphatic carbocycles. The molecule has 3 atom stereocenters. The van der Waals surface area contributed by atoms with Crippen molar-refractivity contribution in [1.82, 2.24) is 15.5 Å². The molecule has 1 saturated heterocycles. The molecular weight excluding hydrogens is 500 g/mol. The Morgan fingerprint density at radius 2 is 1.55 bits per heavy atom. The lowest BCUT2D eigenvalue weighted by molar-refractivity contribution is -0.139. The average Bonchev–Trinajstić information content (AvgIpc) is 3.01. The predicted molar refractivity (Wildman–Crippen MR) is 159 cm³/mol. The van der Waals surface area contributed by atoms with Crippen LogP contribution in [0.2, 0.25) is 0 Å². The van der Waals surface area contributed by atoms with E-state index in [4.69, 9.17) is 0 Å². The van der Waals surface area contributed by atoms with Gasteiger partial charge in [-0.15, -0.1) is 0 Å². The van der Waals surface area contributed by atoms with Crippen LogP contribution in [0.1, 0.15) is 67.8 Å². The summed E-state index contributed by atoms with van der Waals surface area (Å²) < 4.78 is 0. The van der Waals surface area contributed by atoms with Gasteiger partial charge in [0.1, 0.15) is 12.6 Å². The van der Waals surface area contributed by atoms with Crippen LogP contribution in [0, 0.1) is 13.8 Å². The quantitative estimate of drug-likeness (QED) is 0.366. The van der Waals surface area contributed by atoms with Crippen LogP contribution < -0.4 is 16.0 Å². The third-order valence-electron chi connectivity index (χ3n) is 7.13. The molecule has 1 heterocycles. The Hall–Kier alpha value is -4.13. The summed E-state index contributed by atoms with van der Waals surface area (Å²) in [5, 5.41) is 8.79. The molecule has 1 fully saturated rings. The van der Waals surface area contributed by atoms with Crippen molar-refractivity contribution in [2.75, 3.05) is 11.9 Å². The molecule has 3 N–H and O–H groups in total. The summed E-state index contributed by atoms with van der Waals surface area (Å²) in [6, 6.07) is 24.1. The van der Waals surface area contributed by atoms with Crippen LogP contribution in [-0.4, -0.2) is 40.9 Å². The number of benzene rings is 3. The molecule has 1 aliphatic heterocycles. The maximum Gasteiger partial charge on any atom is 0.319 e. The third kappa shape index (κ3) is 7.72. The van der Waals surface area contributed by atoms with Crippen LogP contribution in [0.25, 0.3) is 0 Å². The van der Waals surface area contributed by atoms with Crippen LogP contribution in [0.15, 0.2) is 78.9 Å². The number of aryl methyl sites for hydroxylation is 2. The van der Waals surface area contributed by atoms with Crippen molar-refractivity contribution >= 4 is 23.5 Å². The molecule has 1 aliphatic rings. The molecule has 7 heteroatoms. The summed E-state index contributed by atoms with van der Waals surface area (Å²) in [5.41, 5.74) is 4.41. The number of amides is 4. The lowest BCUT2D eigenvalue weighted by atomic mass is 9.86. The number of nitrogens with zero attached hydrogens (tertiary/aromatic N) is 1. The Morgan fingerprint density at radius 3 is 2.20 bits per heavy atom. The Bertz CT molecular complexity index is 1330. The molecule has 4 amide bonds. The molecule has 0 unspecified atom stereocenters. The zero-order valence-corrected chi connectivity index (χ0v) is 24.0. The summed E-state index contributed by atoms with van der Waals surface area (Å²) in [5.74, 6) is -0.525. The Kier molecular flexibility index (Phi) is 8.93. The highest BCUT2D eigenvalue weighted by molar-refractivity contribution is 5.95. The molecule has 3 aromatic rings. The van der Waals surface area contributed by atoms with Crippen molar-refractivity contribution in [1.29, 1.82) is 0 Å². The smallest absolute Gasteiger partial charge is 0.319 e. The molecule has 40 heavy (non-hydrogen) atoms. The first-order valence-electron chi connectivity index (χ1n) is 13.9. The van der Waals surface area contributed by atoms with Gasteiger partial charge < -0.3 is 20.9 Å². The number of likely N-dealkylation sites (tertiary alicyclic amines) is 1. The van der Waals surface area contributed by atoms with Crippen LogP contribution in [-0.2, 0) is 9.59 Å². The van der Waals surface area contributed by atoms with Gasteiger partial charge in [-0.05, 0) is 82.2 Å². The van der Waals surface area contributed by atoms with Crippen molar-refractivity contribution in [2.24, 2.45) is 0 Å². The van der Waals surface area contributed by atoms with Gasteiger partial charge in [0.15, 0.2) is 0 Å². The summed E-state index contributed by atoms with van der Waals surface area (Å²) in [4.78, 5) is 42.2. The number of hydrogen-bond acceptors (Lipinski definition) is 3. The van der Waals surface area contributed by atoms with E-state index < -0.39 is 17.6 Å². The van der Waals surface area contributed by atoms with E-state index in [2.05, 4.69) is 28.1 Å². The second-order valence-electron chi connectivity index (χ2n) is 11.8. The van der Waals surface area contributed by atoms with Gasteiger partial charge in [-0.3, -0.25) is 9.59 Å². The molecule has 7 nitrogen and oxygen atoms in total. The second kappa shape index (κ2) is 12.4. The minimum absolute atomic E-state index is 0.0172. The molecule has 3 aromatic carbocycles. The van der Waals surface area contributed by atoms with Crippen molar-refractivity contribution < 1.29 is 14.4 Å². The van der Waals surface area contributed by atoms with Crippen LogP contribution in [0.3, 0.4) is 0 Å². The number of hydrogen-bond donors (Lipinski definition) is 3.